The normalized spacial score (nSPS) is 11.2. The Morgan fingerprint density at radius 3 is 2.61 bits per heavy atom. The Morgan fingerprint density at radius 1 is 1.00 bits per heavy atom. The lowest BCUT2D eigenvalue weighted by Crippen LogP contribution is -2.03. The Bertz CT molecular complexity index is 1370. The maximum absolute atomic E-state index is 14.0. The van der Waals surface area contributed by atoms with E-state index < -0.39 is 11.6 Å². The molecule has 0 aliphatic carbocycles. The number of aryl methyl sites for hydroxylation is 1. The zero-order valence-electron chi connectivity index (χ0n) is 16.4. The van der Waals surface area contributed by atoms with E-state index in [1.165, 1.54) is 18.2 Å². The molecule has 0 unspecified atom stereocenters. The minimum atomic E-state index is -0.609. The van der Waals surface area contributed by atoms with Gasteiger partial charge in [-0.3, -0.25) is 9.08 Å². The summed E-state index contributed by atoms with van der Waals surface area (Å²) in [5.41, 5.74) is 2.00. The molecule has 4 aromatic heterocycles. The average Bonchev–Trinajstić information content (AvgIpc) is 3.36. The lowest BCUT2D eigenvalue weighted by Gasteiger charge is -2.07. The molecule has 5 rings (SSSR count). The highest BCUT2D eigenvalue weighted by molar-refractivity contribution is 5.65. The van der Waals surface area contributed by atoms with Gasteiger partial charge in [0.05, 0.1) is 11.9 Å². The van der Waals surface area contributed by atoms with E-state index >= 15 is 0 Å². The van der Waals surface area contributed by atoms with Crippen LogP contribution >= 0.6 is 0 Å². The fraction of sp³-hybridized carbons (Fsp3) is 0.0952. The van der Waals surface area contributed by atoms with Crippen molar-refractivity contribution in [1.82, 2.24) is 34.3 Å². The van der Waals surface area contributed by atoms with Gasteiger partial charge in [0.15, 0.2) is 5.65 Å². The van der Waals surface area contributed by atoms with Crippen LogP contribution in [-0.2, 0) is 13.5 Å². The fourth-order valence-electron chi connectivity index (χ4n) is 3.27. The molecule has 0 saturated heterocycles. The number of benzene rings is 1. The standard InChI is InChI=1S/C21H16F2N8/c1-30-18(6-9-25-30)27-21-24-8-5-17(26-21)13-7-10-31-19(11-13)28-29-20(31)12-14-15(22)3-2-4-16(14)23/h2-11H,12H2,1H3,(H,24,26,27). The molecular weight excluding hydrogens is 402 g/mol. The van der Waals surface area contributed by atoms with E-state index in [0.29, 0.717) is 23.1 Å². The smallest absolute Gasteiger partial charge is 0.228 e. The SMILES string of the molecule is Cn1nccc1Nc1nccc(-c2ccn3c(Cc4c(F)cccc4F)nnc3c2)n1. The zero-order valence-corrected chi connectivity index (χ0v) is 16.4. The van der Waals surface area contributed by atoms with E-state index in [2.05, 4.69) is 30.6 Å². The van der Waals surface area contributed by atoms with Crippen molar-refractivity contribution in [3.8, 4) is 11.3 Å². The molecular formula is C21H16F2N8. The molecule has 5 aromatic rings. The summed E-state index contributed by atoms with van der Waals surface area (Å²) in [5, 5.41) is 15.5. The molecule has 1 aromatic carbocycles. The lowest BCUT2D eigenvalue weighted by atomic mass is 10.1. The highest BCUT2D eigenvalue weighted by atomic mass is 19.1. The monoisotopic (exact) mass is 418 g/mol. The number of fused-ring (bicyclic) bond motifs is 1. The largest absolute Gasteiger partial charge is 0.309 e. The van der Waals surface area contributed by atoms with E-state index in [4.69, 9.17) is 0 Å². The van der Waals surface area contributed by atoms with Gasteiger partial charge in [0.2, 0.25) is 5.95 Å². The van der Waals surface area contributed by atoms with Crippen molar-refractivity contribution in [2.75, 3.05) is 5.32 Å². The number of halogens is 2. The zero-order chi connectivity index (χ0) is 21.4. The van der Waals surface area contributed by atoms with Gasteiger partial charge in [-0.05, 0) is 30.3 Å². The second kappa shape index (κ2) is 7.56. The summed E-state index contributed by atoms with van der Waals surface area (Å²) in [4.78, 5) is 8.79. The number of hydrogen-bond acceptors (Lipinski definition) is 6. The van der Waals surface area contributed by atoms with Gasteiger partial charge in [0, 0.05) is 43.1 Å². The average molecular weight is 418 g/mol. The molecule has 154 valence electrons. The van der Waals surface area contributed by atoms with Crippen LogP contribution in [0.1, 0.15) is 11.4 Å². The first-order valence-electron chi connectivity index (χ1n) is 9.43. The molecule has 0 bridgehead atoms. The highest BCUT2D eigenvalue weighted by Crippen LogP contribution is 2.22. The molecule has 31 heavy (non-hydrogen) atoms. The third-order valence-electron chi connectivity index (χ3n) is 4.89. The molecule has 4 heterocycles. The van der Waals surface area contributed by atoms with Crippen molar-refractivity contribution >= 4 is 17.4 Å². The number of nitrogens with zero attached hydrogens (tertiary/aromatic N) is 7. The fourth-order valence-corrected chi connectivity index (χ4v) is 3.27. The number of rotatable bonds is 5. The van der Waals surface area contributed by atoms with Crippen LogP contribution in [0.25, 0.3) is 16.9 Å². The quantitative estimate of drug-likeness (QED) is 0.470. The first kappa shape index (κ1) is 18.8. The van der Waals surface area contributed by atoms with Gasteiger partial charge in [-0.15, -0.1) is 10.2 Å². The predicted molar refractivity (Wildman–Crippen MR) is 110 cm³/mol. The van der Waals surface area contributed by atoms with Crippen molar-refractivity contribution < 1.29 is 8.78 Å². The van der Waals surface area contributed by atoms with Gasteiger partial charge in [-0.2, -0.15) is 5.10 Å². The van der Waals surface area contributed by atoms with Gasteiger partial charge >= 0.3 is 0 Å². The molecule has 0 saturated carbocycles. The molecule has 10 heteroatoms. The summed E-state index contributed by atoms with van der Waals surface area (Å²) in [6.07, 6.45) is 5.08. The molecule has 0 fully saturated rings. The van der Waals surface area contributed by atoms with E-state index in [9.17, 15) is 8.78 Å². The third kappa shape index (κ3) is 3.59. The number of aromatic nitrogens is 7. The Hall–Kier alpha value is -4.21. The van der Waals surface area contributed by atoms with Crippen molar-refractivity contribution in [3.63, 3.8) is 0 Å². The molecule has 0 aliphatic heterocycles. The van der Waals surface area contributed by atoms with Crippen LogP contribution < -0.4 is 5.32 Å². The highest BCUT2D eigenvalue weighted by Gasteiger charge is 2.14. The van der Waals surface area contributed by atoms with Gasteiger partial charge in [0.25, 0.3) is 0 Å². The first-order chi connectivity index (χ1) is 15.1. The van der Waals surface area contributed by atoms with Crippen molar-refractivity contribution in [2.45, 2.75) is 6.42 Å². The molecule has 1 N–H and O–H groups in total. The third-order valence-corrected chi connectivity index (χ3v) is 4.89. The Labute approximate surface area is 175 Å². The number of pyridine rings is 1. The van der Waals surface area contributed by atoms with Crippen LogP contribution in [0.2, 0.25) is 0 Å². The molecule has 0 atom stereocenters. The van der Waals surface area contributed by atoms with Crippen LogP contribution in [0, 0.1) is 11.6 Å². The maximum atomic E-state index is 14.0. The van der Waals surface area contributed by atoms with E-state index in [1.54, 1.807) is 33.7 Å². The summed E-state index contributed by atoms with van der Waals surface area (Å²) in [6, 6.07) is 11.0. The van der Waals surface area contributed by atoms with Gasteiger partial charge in [-0.25, -0.2) is 18.7 Å². The number of nitrogens with one attached hydrogen (secondary N) is 1. The topological polar surface area (TPSA) is 85.8 Å². The maximum Gasteiger partial charge on any atom is 0.228 e. The molecule has 0 spiro atoms. The Kier molecular flexibility index (Phi) is 4.58. The molecule has 0 amide bonds. The van der Waals surface area contributed by atoms with Gasteiger partial charge in [0.1, 0.15) is 23.3 Å². The Morgan fingerprint density at radius 2 is 1.84 bits per heavy atom. The lowest BCUT2D eigenvalue weighted by molar-refractivity contribution is 0.558. The number of hydrogen-bond donors (Lipinski definition) is 1. The van der Waals surface area contributed by atoms with Crippen LogP contribution in [0.3, 0.4) is 0 Å². The molecule has 0 aliphatic rings. The predicted octanol–water partition coefficient (Wildman–Crippen LogP) is 3.53. The first-order valence-corrected chi connectivity index (χ1v) is 9.43. The second-order valence-electron chi connectivity index (χ2n) is 6.87. The van der Waals surface area contributed by atoms with Gasteiger partial charge < -0.3 is 5.32 Å². The van der Waals surface area contributed by atoms with E-state index in [1.807, 2.05) is 25.2 Å². The van der Waals surface area contributed by atoms with Crippen LogP contribution in [0.5, 0.6) is 0 Å². The summed E-state index contributed by atoms with van der Waals surface area (Å²) >= 11 is 0. The van der Waals surface area contributed by atoms with E-state index in [0.717, 1.165) is 11.4 Å². The van der Waals surface area contributed by atoms with Gasteiger partial charge in [-0.1, -0.05) is 6.07 Å². The summed E-state index contributed by atoms with van der Waals surface area (Å²) in [5.74, 6) is 0.408. The van der Waals surface area contributed by atoms with Crippen molar-refractivity contribution in [3.05, 3.63) is 84.1 Å². The van der Waals surface area contributed by atoms with Crippen LogP contribution in [0.4, 0.5) is 20.5 Å². The van der Waals surface area contributed by atoms with Crippen molar-refractivity contribution in [2.24, 2.45) is 7.05 Å². The minimum Gasteiger partial charge on any atom is -0.309 e. The van der Waals surface area contributed by atoms with Crippen LogP contribution in [-0.4, -0.2) is 34.3 Å². The number of anilines is 2. The molecule has 8 nitrogen and oxygen atoms in total. The molecule has 0 radical (unpaired) electrons. The summed E-state index contributed by atoms with van der Waals surface area (Å²) < 4.78 is 31.4. The Balaban J connectivity index is 1.45. The summed E-state index contributed by atoms with van der Waals surface area (Å²) in [6.45, 7) is 0. The van der Waals surface area contributed by atoms with E-state index in [-0.39, 0.29) is 12.0 Å². The van der Waals surface area contributed by atoms with Crippen molar-refractivity contribution in [1.29, 1.82) is 0 Å². The second-order valence-corrected chi connectivity index (χ2v) is 6.87. The minimum absolute atomic E-state index is 0.00864. The summed E-state index contributed by atoms with van der Waals surface area (Å²) in [7, 11) is 1.82. The van der Waals surface area contributed by atoms with Crippen LogP contribution in [0.15, 0.2) is 61.1 Å².